The van der Waals surface area contributed by atoms with Gasteiger partial charge in [0.2, 0.25) is 0 Å². The van der Waals surface area contributed by atoms with Gasteiger partial charge in [-0.05, 0) is 19.3 Å². The van der Waals surface area contributed by atoms with Crippen LogP contribution in [0.15, 0.2) is 0 Å². The summed E-state index contributed by atoms with van der Waals surface area (Å²) < 4.78 is 4.56. The highest BCUT2D eigenvalue weighted by Crippen LogP contribution is 2.31. The molecule has 3 radical (unpaired) electrons. The zero-order chi connectivity index (χ0) is 8.91. The molecule has 63 valence electrons. The summed E-state index contributed by atoms with van der Waals surface area (Å²) in [5.74, 6) is -0.151. The second-order valence-electron chi connectivity index (χ2n) is 2.73. The second-order valence-corrected chi connectivity index (χ2v) is 2.93. The lowest BCUT2D eigenvalue weighted by Crippen LogP contribution is -2.30. The van der Waals surface area contributed by atoms with E-state index in [0.717, 1.165) is 19.3 Å². The highest BCUT2D eigenvalue weighted by molar-refractivity contribution is 6.06. The Hall–Kier alpha value is -0.313. The lowest BCUT2D eigenvalue weighted by Gasteiger charge is -2.26. The summed E-state index contributed by atoms with van der Waals surface area (Å²) in [6.45, 7) is 6.03. The fourth-order valence-corrected chi connectivity index (χ4v) is 1.51. The van der Waals surface area contributed by atoms with E-state index in [1.54, 1.807) is 0 Å². The summed E-state index contributed by atoms with van der Waals surface area (Å²) in [6, 6.07) is 0. The van der Waals surface area contributed by atoms with Crippen molar-refractivity contribution in [3.8, 4) is 0 Å². The predicted octanol–water partition coefficient (Wildman–Crippen LogP) is 1.83. The Morgan fingerprint density at radius 3 is 1.73 bits per heavy atom. The Morgan fingerprint density at radius 1 is 1.27 bits per heavy atom. The predicted molar refractivity (Wildman–Crippen MR) is 45.2 cm³/mol. The molecule has 0 aliphatic heterocycles. The molecule has 0 saturated carbocycles. The van der Waals surface area contributed by atoms with Crippen LogP contribution < -0.4 is 0 Å². The van der Waals surface area contributed by atoms with Crippen LogP contribution in [0.25, 0.3) is 0 Å². The zero-order valence-corrected chi connectivity index (χ0v) is 8.44. The molecule has 0 amide bonds. The van der Waals surface area contributed by atoms with Crippen LogP contribution in [-0.2, 0) is 9.22 Å². The van der Waals surface area contributed by atoms with Gasteiger partial charge in [-0.15, -0.1) is 0 Å². The van der Waals surface area contributed by atoms with Crippen molar-refractivity contribution in [1.82, 2.24) is 0 Å². The van der Waals surface area contributed by atoms with E-state index < -0.39 is 0 Å². The van der Waals surface area contributed by atoms with Crippen molar-refractivity contribution in [1.29, 1.82) is 0 Å². The van der Waals surface area contributed by atoms with E-state index in [4.69, 9.17) is 0 Å². The number of rotatable bonds is 4. The van der Waals surface area contributed by atoms with Crippen LogP contribution in [-0.4, -0.2) is 16.5 Å². The molecule has 2 nitrogen and oxygen atoms in total. The number of hydrogen-bond donors (Lipinski definition) is 0. The topological polar surface area (TPSA) is 26.3 Å². The standard InChI is InChI=1S/C8H15O2Si/c1-4-8(5-2,6-3)7(9)10-11/h4-6H2,1-3H3. The average molecular weight is 171 g/mol. The summed E-state index contributed by atoms with van der Waals surface area (Å²) in [4.78, 5) is 11.3. The van der Waals surface area contributed by atoms with Crippen LogP contribution in [0, 0.1) is 5.41 Å². The Morgan fingerprint density at radius 2 is 1.64 bits per heavy atom. The zero-order valence-electron chi connectivity index (χ0n) is 7.44. The van der Waals surface area contributed by atoms with Crippen molar-refractivity contribution >= 4 is 16.5 Å². The molecule has 0 heterocycles. The fraction of sp³-hybridized carbons (Fsp3) is 0.875. The third-order valence-corrected chi connectivity index (χ3v) is 2.74. The minimum Gasteiger partial charge on any atom is -0.516 e. The summed E-state index contributed by atoms with van der Waals surface area (Å²) in [7, 11) is 2.77. The van der Waals surface area contributed by atoms with Crippen molar-refractivity contribution in [2.45, 2.75) is 40.0 Å². The highest BCUT2D eigenvalue weighted by atomic mass is 28.2. The first-order valence-corrected chi connectivity index (χ1v) is 4.45. The van der Waals surface area contributed by atoms with Gasteiger partial charge in [0.15, 0.2) is 0 Å². The van der Waals surface area contributed by atoms with Crippen LogP contribution >= 0.6 is 0 Å². The van der Waals surface area contributed by atoms with Crippen molar-refractivity contribution in [3.05, 3.63) is 0 Å². The normalized spacial score (nSPS) is 11.3. The third kappa shape index (κ3) is 2.06. The molecule has 0 fully saturated rings. The lowest BCUT2D eigenvalue weighted by atomic mass is 9.80. The van der Waals surface area contributed by atoms with Gasteiger partial charge in [0.25, 0.3) is 5.97 Å². The summed E-state index contributed by atoms with van der Waals surface area (Å²) in [5.41, 5.74) is -0.276. The summed E-state index contributed by atoms with van der Waals surface area (Å²) >= 11 is 0. The van der Waals surface area contributed by atoms with Crippen LogP contribution in [0.5, 0.6) is 0 Å². The molecule has 3 heteroatoms. The maximum absolute atomic E-state index is 11.3. The Labute approximate surface area is 71.9 Å². The molecular weight excluding hydrogens is 156 g/mol. The fourth-order valence-electron chi connectivity index (χ4n) is 1.29. The van der Waals surface area contributed by atoms with Gasteiger partial charge < -0.3 is 4.43 Å². The number of carbonyl (C=O) groups excluding carboxylic acids is 1. The molecule has 0 spiro atoms. The monoisotopic (exact) mass is 171 g/mol. The van der Waals surface area contributed by atoms with Gasteiger partial charge >= 0.3 is 10.5 Å². The maximum atomic E-state index is 11.3. The van der Waals surface area contributed by atoms with Gasteiger partial charge in [-0.3, -0.25) is 4.79 Å². The maximum Gasteiger partial charge on any atom is 0.345 e. The molecule has 0 unspecified atom stereocenters. The van der Waals surface area contributed by atoms with Gasteiger partial charge in [0.05, 0.1) is 5.41 Å². The summed E-state index contributed by atoms with van der Waals surface area (Å²) in [5, 5.41) is 0. The Kier molecular flexibility index (Phi) is 4.41. The molecule has 0 aromatic rings. The SMILES string of the molecule is CCC(CC)(CC)C(=O)O[Si]. The van der Waals surface area contributed by atoms with Crippen molar-refractivity contribution in [3.63, 3.8) is 0 Å². The summed E-state index contributed by atoms with van der Waals surface area (Å²) in [6.07, 6.45) is 2.51. The smallest absolute Gasteiger partial charge is 0.345 e. The van der Waals surface area contributed by atoms with Gasteiger partial charge in [0.1, 0.15) is 0 Å². The van der Waals surface area contributed by atoms with Crippen LogP contribution in [0.1, 0.15) is 40.0 Å². The Balaban J connectivity index is 4.39. The van der Waals surface area contributed by atoms with Crippen LogP contribution in [0.3, 0.4) is 0 Å². The van der Waals surface area contributed by atoms with Gasteiger partial charge in [-0.2, -0.15) is 0 Å². The third-order valence-electron chi connectivity index (χ3n) is 2.56. The molecule has 0 saturated heterocycles. The molecule has 0 aliphatic carbocycles. The molecule has 0 aromatic carbocycles. The molecule has 11 heavy (non-hydrogen) atoms. The van der Waals surface area contributed by atoms with E-state index in [0.29, 0.717) is 0 Å². The molecule has 0 rings (SSSR count). The molecule has 0 atom stereocenters. The first kappa shape index (κ1) is 10.7. The first-order chi connectivity index (χ1) is 5.16. The molecule has 0 aromatic heterocycles. The second kappa shape index (κ2) is 4.54. The van der Waals surface area contributed by atoms with Gasteiger partial charge in [-0.25, -0.2) is 0 Å². The largest absolute Gasteiger partial charge is 0.516 e. The Bertz CT molecular complexity index is 122. The molecule has 0 bridgehead atoms. The first-order valence-electron chi connectivity index (χ1n) is 4.04. The van der Waals surface area contributed by atoms with Gasteiger partial charge in [-0.1, -0.05) is 20.8 Å². The van der Waals surface area contributed by atoms with Crippen LogP contribution in [0.4, 0.5) is 0 Å². The molecular formula is C8H15O2Si. The molecule has 0 N–H and O–H groups in total. The van der Waals surface area contributed by atoms with Crippen molar-refractivity contribution in [2.75, 3.05) is 0 Å². The van der Waals surface area contributed by atoms with E-state index in [-0.39, 0.29) is 11.4 Å². The quantitative estimate of drug-likeness (QED) is 0.603. The number of carbonyl (C=O) groups is 1. The van der Waals surface area contributed by atoms with Crippen LogP contribution in [0.2, 0.25) is 0 Å². The van der Waals surface area contributed by atoms with E-state index in [9.17, 15) is 4.79 Å². The van der Waals surface area contributed by atoms with Crippen molar-refractivity contribution in [2.24, 2.45) is 5.41 Å². The lowest BCUT2D eigenvalue weighted by molar-refractivity contribution is -0.146. The van der Waals surface area contributed by atoms with Gasteiger partial charge in [0, 0.05) is 0 Å². The van der Waals surface area contributed by atoms with Crippen molar-refractivity contribution < 1.29 is 9.22 Å². The molecule has 0 aliphatic rings. The number of hydrogen-bond acceptors (Lipinski definition) is 2. The van der Waals surface area contributed by atoms with E-state index in [2.05, 4.69) is 14.9 Å². The minimum absolute atomic E-state index is 0.151. The van der Waals surface area contributed by atoms with E-state index >= 15 is 0 Å². The van der Waals surface area contributed by atoms with E-state index in [1.165, 1.54) is 0 Å². The minimum atomic E-state index is -0.276. The highest BCUT2D eigenvalue weighted by Gasteiger charge is 2.33. The average Bonchev–Trinajstić information content (AvgIpc) is 2.08. The van der Waals surface area contributed by atoms with E-state index in [1.807, 2.05) is 20.8 Å².